The predicted octanol–water partition coefficient (Wildman–Crippen LogP) is 6.53. The van der Waals surface area contributed by atoms with E-state index in [1.165, 1.54) is 17.0 Å². The van der Waals surface area contributed by atoms with Gasteiger partial charge in [-0.2, -0.15) is 0 Å². The lowest BCUT2D eigenvalue weighted by molar-refractivity contribution is -0.140. The average molecular weight is 619 g/mol. The molecule has 10 heteroatoms. The molecule has 0 spiro atoms. The number of carbonyl (C=O) groups excluding carboxylic acids is 2. The van der Waals surface area contributed by atoms with Crippen molar-refractivity contribution in [2.75, 3.05) is 17.4 Å². The molecule has 0 fully saturated rings. The van der Waals surface area contributed by atoms with Crippen molar-refractivity contribution < 1.29 is 18.0 Å². The number of halogens is 2. The predicted molar refractivity (Wildman–Crippen MR) is 166 cm³/mol. The molecule has 0 saturated heterocycles. The highest BCUT2D eigenvalue weighted by atomic mass is 35.5. The number of nitrogens with zero attached hydrogens (tertiary/aromatic N) is 2. The van der Waals surface area contributed by atoms with E-state index in [2.05, 4.69) is 5.32 Å². The van der Waals surface area contributed by atoms with Gasteiger partial charge < -0.3 is 10.2 Å². The molecule has 3 aromatic carbocycles. The topological polar surface area (TPSA) is 86.8 Å². The zero-order valence-corrected chi connectivity index (χ0v) is 26.2. The molecule has 0 radical (unpaired) electrons. The molecule has 1 N–H and O–H groups in total. The molecular weight excluding hydrogens is 581 g/mol. The SMILES string of the molecule is CCCCNC(=O)C(CC)N(Cc1ccc(Cl)cc1Cl)C(=O)CN(c1cc(C)ccc1C)S(=O)(=O)c1ccccc1. The Morgan fingerprint density at radius 2 is 1.66 bits per heavy atom. The number of rotatable bonds is 13. The summed E-state index contributed by atoms with van der Waals surface area (Å²) >= 11 is 12.6. The van der Waals surface area contributed by atoms with Gasteiger partial charge in [-0.25, -0.2) is 8.42 Å². The molecule has 0 aliphatic heterocycles. The summed E-state index contributed by atoms with van der Waals surface area (Å²) in [5.41, 5.74) is 2.53. The quantitative estimate of drug-likeness (QED) is 0.221. The standard InChI is InChI=1S/C31H37Cl2N3O4S/c1-5-7-17-34-31(38)28(6-2)35(20-24-15-16-25(32)19-27(24)33)30(37)21-36(29-18-22(3)13-14-23(29)4)41(39,40)26-11-9-8-10-12-26/h8-16,18-19,28H,5-7,17,20-21H2,1-4H3,(H,34,38). The number of hydrogen-bond acceptors (Lipinski definition) is 4. The van der Waals surface area contributed by atoms with E-state index in [0.717, 1.165) is 22.7 Å². The Labute approximate surface area is 253 Å². The number of sulfonamides is 1. The first-order valence-corrected chi connectivity index (χ1v) is 15.8. The molecule has 2 amide bonds. The minimum atomic E-state index is -4.14. The molecule has 0 bridgehead atoms. The van der Waals surface area contributed by atoms with E-state index in [1.807, 2.05) is 32.9 Å². The van der Waals surface area contributed by atoms with Crippen molar-refractivity contribution in [2.24, 2.45) is 0 Å². The summed E-state index contributed by atoms with van der Waals surface area (Å²) in [6.45, 7) is 7.47. The van der Waals surface area contributed by atoms with Crippen LogP contribution in [0.2, 0.25) is 10.0 Å². The third-order valence-electron chi connectivity index (χ3n) is 6.81. The van der Waals surface area contributed by atoms with Crippen LogP contribution in [0.3, 0.4) is 0 Å². The summed E-state index contributed by atoms with van der Waals surface area (Å²) < 4.78 is 29.1. The van der Waals surface area contributed by atoms with E-state index >= 15 is 0 Å². The summed E-state index contributed by atoms with van der Waals surface area (Å²) in [4.78, 5) is 29.0. The molecular formula is C31H37Cl2N3O4S. The van der Waals surface area contributed by atoms with Gasteiger partial charge in [0.1, 0.15) is 12.6 Å². The number of hydrogen-bond donors (Lipinski definition) is 1. The van der Waals surface area contributed by atoms with Gasteiger partial charge in [0.15, 0.2) is 0 Å². The van der Waals surface area contributed by atoms with Crippen molar-refractivity contribution in [1.82, 2.24) is 10.2 Å². The Kier molecular flexibility index (Phi) is 11.6. The highest BCUT2D eigenvalue weighted by Gasteiger charge is 2.34. The molecule has 41 heavy (non-hydrogen) atoms. The number of aryl methyl sites for hydroxylation is 2. The molecule has 1 atom stereocenters. The van der Waals surface area contributed by atoms with Gasteiger partial charge in [0, 0.05) is 23.1 Å². The fourth-order valence-corrected chi connectivity index (χ4v) is 6.44. The summed E-state index contributed by atoms with van der Waals surface area (Å²) in [5, 5.41) is 3.71. The first kappa shape index (κ1) is 32.4. The van der Waals surface area contributed by atoms with Crippen LogP contribution < -0.4 is 9.62 Å². The number of unbranched alkanes of at least 4 members (excludes halogenated alkanes) is 1. The minimum absolute atomic E-state index is 0.000560. The molecule has 3 rings (SSSR count). The largest absolute Gasteiger partial charge is 0.354 e. The smallest absolute Gasteiger partial charge is 0.264 e. The van der Waals surface area contributed by atoms with E-state index in [9.17, 15) is 18.0 Å². The van der Waals surface area contributed by atoms with Gasteiger partial charge in [0.2, 0.25) is 11.8 Å². The third kappa shape index (κ3) is 8.24. The lowest BCUT2D eigenvalue weighted by Crippen LogP contribution is -2.52. The van der Waals surface area contributed by atoms with Gasteiger partial charge in [0.25, 0.3) is 10.0 Å². The van der Waals surface area contributed by atoms with Crippen molar-refractivity contribution in [3.63, 3.8) is 0 Å². The highest BCUT2D eigenvalue weighted by Crippen LogP contribution is 2.29. The maximum Gasteiger partial charge on any atom is 0.264 e. The van der Waals surface area contributed by atoms with Crippen LogP contribution in [0.15, 0.2) is 71.6 Å². The van der Waals surface area contributed by atoms with Crippen molar-refractivity contribution in [3.8, 4) is 0 Å². The maximum absolute atomic E-state index is 14.2. The number of benzene rings is 3. The summed E-state index contributed by atoms with van der Waals surface area (Å²) in [5.74, 6) is -0.836. The lowest BCUT2D eigenvalue weighted by Gasteiger charge is -2.34. The fourth-order valence-electron chi connectivity index (χ4n) is 4.48. The number of anilines is 1. The molecule has 0 aromatic heterocycles. The van der Waals surface area contributed by atoms with Crippen LogP contribution in [-0.4, -0.2) is 44.3 Å². The van der Waals surface area contributed by atoms with Crippen molar-refractivity contribution >= 4 is 50.7 Å². The second kappa shape index (κ2) is 14.7. The molecule has 7 nitrogen and oxygen atoms in total. The van der Waals surface area contributed by atoms with Crippen LogP contribution in [0.25, 0.3) is 0 Å². The molecule has 0 aliphatic carbocycles. The first-order valence-electron chi connectivity index (χ1n) is 13.7. The van der Waals surface area contributed by atoms with E-state index in [-0.39, 0.29) is 17.3 Å². The summed E-state index contributed by atoms with van der Waals surface area (Å²) in [6, 6.07) is 17.6. The van der Waals surface area contributed by atoms with Crippen molar-refractivity contribution in [1.29, 1.82) is 0 Å². The van der Waals surface area contributed by atoms with Crippen LogP contribution in [0.4, 0.5) is 5.69 Å². The Morgan fingerprint density at radius 3 is 2.29 bits per heavy atom. The zero-order chi connectivity index (χ0) is 30.2. The number of nitrogens with one attached hydrogen (secondary N) is 1. The molecule has 220 valence electrons. The van der Waals surface area contributed by atoms with E-state index in [4.69, 9.17) is 23.2 Å². The van der Waals surface area contributed by atoms with Crippen LogP contribution in [0.1, 0.15) is 49.8 Å². The fraction of sp³-hybridized carbons (Fsp3) is 0.355. The van der Waals surface area contributed by atoms with Crippen molar-refractivity contribution in [3.05, 3.63) is 93.5 Å². The molecule has 3 aromatic rings. The normalized spacial score (nSPS) is 12.0. The second-order valence-corrected chi connectivity index (χ2v) is 12.6. The molecule has 0 heterocycles. The van der Waals surface area contributed by atoms with Gasteiger partial charge in [0.05, 0.1) is 10.6 Å². The van der Waals surface area contributed by atoms with Crippen LogP contribution in [-0.2, 0) is 26.2 Å². The van der Waals surface area contributed by atoms with Crippen LogP contribution in [0, 0.1) is 13.8 Å². The number of carbonyl (C=O) groups is 2. The average Bonchev–Trinajstić information content (AvgIpc) is 2.94. The second-order valence-electron chi connectivity index (χ2n) is 9.94. The molecule has 0 saturated carbocycles. The Bertz CT molecular complexity index is 1470. The monoisotopic (exact) mass is 617 g/mol. The maximum atomic E-state index is 14.2. The first-order chi connectivity index (χ1) is 19.5. The summed E-state index contributed by atoms with van der Waals surface area (Å²) in [6.07, 6.45) is 2.03. The van der Waals surface area contributed by atoms with Gasteiger partial charge in [-0.05, 0) is 73.7 Å². The minimum Gasteiger partial charge on any atom is -0.354 e. The van der Waals surface area contributed by atoms with Gasteiger partial charge in [-0.15, -0.1) is 0 Å². The van der Waals surface area contributed by atoms with E-state index in [1.54, 1.807) is 49.4 Å². The third-order valence-corrected chi connectivity index (χ3v) is 9.18. The van der Waals surface area contributed by atoms with Crippen LogP contribution in [0.5, 0.6) is 0 Å². The zero-order valence-electron chi connectivity index (χ0n) is 23.9. The lowest BCUT2D eigenvalue weighted by atomic mass is 10.1. The van der Waals surface area contributed by atoms with Gasteiger partial charge >= 0.3 is 0 Å². The number of amides is 2. The van der Waals surface area contributed by atoms with Gasteiger partial charge in [-0.3, -0.25) is 13.9 Å². The van der Waals surface area contributed by atoms with E-state index in [0.29, 0.717) is 39.8 Å². The summed E-state index contributed by atoms with van der Waals surface area (Å²) in [7, 11) is -4.14. The van der Waals surface area contributed by atoms with Crippen molar-refractivity contribution in [2.45, 2.75) is 64.4 Å². The Morgan fingerprint density at radius 1 is 0.951 bits per heavy atom. The Hall–Kier alpha value is -3.07. The van der Waals surface area contributed by atoms with E-state index < -0.39 is 28.5 Å². The molecule has 0 aliphatic rings. The Balaban J connectivity index is 2.09. The van der Waals surface area contributed by atoms with Gasteiger partial charge in [-0.1, -0.05) is 79.9 Å². The van der Waals surface area contributed by atoms with Crippen LogP contribution >= 0.6 is 23.2 Å². The molecule has 1 unspecified atom stereocenters. The highest BCUT2D eigenvalue weighted by molar-refractivity contribution is 7.92.